The van der Waals surface area contributed by atoms with E-state index in [9.17, 15) is 24.6 Å². The first kappa shape index (κ1) is 23.5. The van der Waals surface area contributed by atoms with Crippen LogP contribution >= 0.6 is 0 Å². The summed E-state index contributed by atoms with van der Waals surface area (Å²) in [7, 11) is 0. The predicted octanol–water partition coefficient (Wildman–Crippen LogP) is -7.66. The number of benzene rings is 1. The van der Waals surface area contributed by atoms with Gasteiger partial charge in [0.25, 0.3) is 5.91 Å². The van der Waals surface area contributed by atoms with Gasteiger partial charge in [0.15, 0.2) is 5.82 Å². The second-order valence-electron chi connectivity index (χ2n) is 4.59. The fourth-order valence-electron chi connectivity index (χ4n) is 2.11. The van der Waals surface area contributed by atoms with Gasteiger partial charge in [-0.3, -0.25) is 9.89 Å². The number of amides is 1. The van der Waals surface area contributed by atoms with E-state index < -0.39 is 23.5 Å². The molecular weight excluding hydrogens is 396 g/mol. The fourth-order valence-corrected chi connectivity index (χ4v) is 2.11. The summed E-state index contributed by atoms with van der Waals surface area (Å²) in [6.45, 7) is 0. The zero-order valence-corrected chi connectivity index (χ0v) is 20.0. The SMILES string of the molecule is O=C([O-])c1ccccc1C(=O)Nc1n[nH]c2c(C(=O)[O-])ncnc12.[K+].[K+]. The Hall–Kier alpha value is -0.547. The number of nitrogens with zero attached hydrogens (tertiary/aromatic N) is 3. The fraction of sp³-hybridized carbons (Fsp3) is 0. The van der Waals surface area contributed by atoms with E-state index in [1.54, 1.807) is 0 Å². The number of carbonyl (C=O) groups is 3. The van der Waals surface area contributed by atoms with Crippen LogP contribution in [0, 0.1) is 0 Å². The van der Waals surface area contributed by atoms with Gasteiger partial charge < -0.3 is 25.1 Å². The molecule has 10 nitrogen and oxygen atoms in total. The van der Waals surface area contributed by atoms with Gasteiger partial charge in [-0.05, 0) is 6.07 Å². The van der Waals surface area contributed by atoms with Gasteiger partial charge in [-0.2, -0.15) is 5.10 Å². The third-order valence-corrected chi connectivity index (χ3v) is 3.17. The zero-order chi connectivity index (χ0) is 17.3. The van der Waals surface area contributed by atoms with Crippen molar-refractivity contribution in [3.63, 3.8) is 0 Å². The first-order valence-corrected chi connectivity index (χ1v) is 6.51. The summed E-state index contributed by atoms with van der Waals surface area (Å²) >= 11 is 0. The number of nitrogens with one attached hydrogen (secondary N) is 2. The van der Waals surface area contributed by atoms with E-state index >= 15 is 0 Å². The van der Waals surface area contributed by atoms with Crippen molar-refractivity contribution in [3.8, 4) is 0 Å². The first-order valence-electron chi connectivity index (χ1n) is 6.51. The Balaban J connectivity index is 0.00000169. The third-order valence-electron chi connectivity index (χ3n) is 3.17. The molecule has 0 spiro atoms. The average molecular weight is 403 g/mol. The number of aromatic carboxylic acids is 2. The Morgan fingerprint density at radius 2 is 1.62 bits per heavy atom. The molecule has 2 heterocycles. The van der Waals surface area contributed by atoms with E-state index in [2.05, 4.69) is 25.5 Å². The molecule has 0 saturated carbocycles. The Labute approximate surface area is 231 Å². The molecule has 12 heteroatoms. The van der Waals surface area contributed by atoms with E-state index in [0.29, 0.717) is 0 Å². The Kier molecular flexibility index (Phi) is 9.15. The minimum atomic E-state index is -1.54. The molecule has 1 aromatic carbocycles. The van der Waals surface area contributed by atoms with E-state index in [0.717, 1.165) is 6.33 Å². The van der Waals surface area contributed by atoms with Crippen molar-refractivity contribution < 1.29 is 127 Å². The van der Waals surface area contributed by atoms with Gasteiger partial charge in [-0.15, -0.1) is 0 Å². The van der Waals surface area contributed by atoms with Crippen LogP contribution in [0.5, 0.6) is 0 Å². The Morgan fingerprint density at radius 3 is 2.23 bits per heavy atom. The van der Waals surface area contributed by atoms with Gasteiger partial charge in [0.2, 0.25) is 0 Å². The van der Waals surface area contributed by atoms with Crippen LogP contribution < -0.4 is 118 Å². The van der Waals surface area contributed by atoms with Gasteiger partial charge in [-0.25, -0.2) is 9.97 Å². The summed E-state index contributed by atoms with van der Waals surface area (Å²) in [4.78, 5) is 41.7. The molecule has 0 aliphatic rings. The predicted molar refractivity (Wildman–Crippen MR) is 74.7 cm³/mol. The number of anilines is 1. The van der Waals surface area contributed by atoms with Crippen molar-refractivity contribution in [2.45, 2.75) is 0 Å². The minimum absolute atomic E-state index is 0. The number of rotatable bonds is 4. The van der Waals surface area contributed by atoms with Crippen LogP contribution in [0.4, 0.5) is 5.82 Å². The van der Waals surface area contributed by atoms with Crippen molar-refractivity contribution in [2.24, 2.45) is 0 Å². The molecule has 2 aromatic heterocycles. The van der Waals surface area contributed by atoms with Gasteiger partial charge in [0.1, 0.15) is 23.1 Å². The maximum Gasteiger partial charge on any atom is 1.00 e. The summed E-state index contributed by atoms with van der Waals surface area (Å²) in [5.74, 6) is -3.88. The molecule has 0 aliphatic carbocycles. The largest absolute Gasteiger partial charge is 1.00 e. The number of aromatic amines is 1. The van der Waals surface area contributed by atoms with Crippen molar-refractivity contribution in [3.05, 3.63) is 47.4 Å². The van der Waals surface area contributed by atoms with Crippen LogP contribution in [0.25, 0.3) is 11.0 Å². The van der Waals surface area contributed by atoms with Crippen LogP contribution in [0.1, 0.15) is 31.2 Å². The van der Waals surface area contributed by atoms with Crippen LogP contribution in [0.15, 0.2) is 30.6 Å². The smallest absolute Gasteiger partial charge is 0.545 e. The summed E-state index contributed by atoms with van der Waals surface area (Å²) in [6.07, 6.45) is 0.980. The zero-order valence-electron chi connectivity index (χ0n) is 13.8. The summed E-state index contributed by atoms with van der Waals surface area (Å²) in [5.41, 5.74) is -0.824. The van der Waals surface area contributed by atoms with Crippen LogP contribution in [0.2, 0.25) is 0 Å². The molecule has 2 N–H and O–H groups in total. The number of aromatic nitrogens is 4. The molecule has 0 aliphatic heterocycles. The van der Waals surface area contributed by atoms with E-state index in [-0.39, 0.29) is 131 Å². The summed E-state index contributed by atoms with van der Waals surface area (Å²) in [5, 5.41) is 30.6. The van der Waals surface area contributed by atoms with Gasteiger partial charge in [0.05, 0.1) is 11.9 Å². The average Bonchev–Trinajstić information content (AvgIpc) is 2.97. The number of carboxylic acid groups (broad SMARTS) is 2. The number of hydrogen-bond donors (Lipinski definition) is 2. The van der Waals surface area contributed by atoms with Gasteiger partial charge >= 0.3 is 103 Å². The molecule has 0 saturated heterocycles. The molecule has 0 fully saturated rings. The first-order chi connectivity index (χ1) is 11.5. The molecule has 3 aromatic rings. The quantitative estimate of drug-likeness (QED) is 0.406. The minimum Gasteiger partial charge on any atom is -0.545 e. The summed E-state index contributed by atoms with van der Waals surface area (Å²) < 4.78 is 0. The van der Waals surface area contributed by atoms with Crippen LogP contribution in [0.3, 0.4) is 0 Å². The van der Waals surface area contributed by atoms with E-state index in [1.807, 2.05) is 0 Å². The number of carbonyl (C=O) groups excluding carboxylic acids is 3. The number of carboxylic acids is 2. The van der Waals surface area contributed by atoms with E-state index in [4.69, 9.17) is 0 Å². The molecule has 1 amide bonds. The molecule has 0 atom stereocenters. The molecule has 0 unspecified atom stereocenters. The van der Waals surface area contributed by atoms with Crippen LogP contribution in [-0.4, -0.2) is 38.0 Å². The van der Waals surface area contributed by atoms with Crippen molar-refractivity contribution in [1.82, 2.24) is 20.2 Å². The number of H-pyrrole nitrogens is 1. The molecular formula is C14H7K2N5O5. The molecule has 0 radical (unpaired) electrons. The topological polar surface area (TPSA) is 164 Å². The summed E-state index contributed by atoms with van der Waals surface area (Å²) in [6, 6.07) is 5.46. The molecule has 0 bridgehead atoms. The van der Waals surface area contributed by atoms with Crippen LogP contribution in [-0.2, 0) is 0 Å². The monoisotopic (exact) mass is 403 g/mol. The second-order valence-corrected chi connectivity index (χ2v) is 4.59. The maximum absolute atomic E-state index is 12.3. The maximum atomic E-state index is 12.3. The number of hydrogen-bond acceptors (Lipinski definition) is 8. The second kappa shape index (κ2) is 10.1. The van der Waals surface area contributed by atoms with E-state index in [1.165, 1.54) is 24.3 Å². The molecule has 26 heavy (non-hydrogen) atoms. The van der Waals surface area contributed by atoms with Crippen molar-refractivity contribution >= 4 is 34.7 Å². The van der Waals surface area contributed by atoms with Gasteiger partial charge in [0, 0.05) is 11.1 Å². The third kappa shape index (κ3) is 4.83. The normalized spacial score (nSPS) is 9.69. The molecule has 120 valence electrons. The Morgan fingerprint density at radius 1 is 0.962 bits per heavy atom. The number of fused-ring (bicyclic) bond motifs is 1. The Bertz CT molecular complexity index is 991. The van der Waals surface area contributed by atoms with Gasteiger partial charge in [-0.1, -0.05) is 18.2 Å². The van der Waals surface area contributed by atoms with Crippen molar-refractivity contribution in [1.29, 1.82) is 0 Å². The molecule has 3 rings (SSSR count). The van der Waals surface area contributed by atoms with Crippen molar-refractivity contribution in [2.75, 3.05) is 5.32 Å². The standard InChI is InChI=1S/C14H9N5O5.2K/c20-12(6-3-1-2-4-7(6)13(21)22)17-11-9-8(18-19-11)10(14(23)24)16-5-15-9;;/h1-5H,(H,21,22)(H,23,24)(H2,17,18,19,20);;/q;2*+1/p-2.